The number of carbonyl (C=O) groups is 1. The largest absolute Gasteiger partial charge is 0.394 e. The Bertz CT molecular complexity index is 579. The third-order valence-corrected chi connectivity index (χ3v) is 9.02. The molecule has 0 aliphatic rings. The van der Waals surface area contributed by atoms with Gasteiger partial charge in [0, 0.05) is 6.42 Å². The molecule has 4 heteroatoms. The number of aliphatic hydroxyl groups excluding tert-OH is 2. The first-order valence-electron chi connectivity index (χ1n) is 19.4. The highest BCUT2D eigenvalue weighted by atomic mass is 16.3. The molecule has 0 aliphatic heterocycles. The Hall–Kier alpha value is -0.870. The van der Waals surface area contributed by atoms with Gasteiger partial charge in [0.2, 0.25) is 5.91 Å². The van der Waals surface area contributed by atoms with Gasteiger partial charge in [-0.05, 0) is 19.3 Å². The van der Waals surface area contributed by atoms with Gasteiger partial charge in [-0.3, -0.25) is 4.79 Å². The highest BCUT2D eigenvalue weighted by Gasteiger charge is 2.17. The number of hydrogen-bond donors (Lipinski definition) is 3. The highest BCUT2D eigenvalue weighted by molar-refractivity contribution is 5.76. The van der Waals surface area contributed by atoms with Gasteiger partial charge >= 0.3 is 0 Å². The molecule has 43 heavy (non-hydrogen) atoms. The Balaban J connectivity index is 3.35. The topological polar surface area (TPSA) is 69.6 Å². The fourth-order valence-electron chi connectivity index (χ4n) is 6.00. The second-order valence-electron chi connectivity index (χ2n) is 13.4. The molecule has 2 unspecified atom stereocenters. The normalized spacial score (nSPS) is 13.1. The van der Waals surface area contributed by atoms with E-state index in [1.165, 1.54) is 167 Å². The van der Waals surface area contributed by atoms with E-state index >= 15 is 0 Å². The Morgan fingerprint density at radius 2 is 0.860 bits per heavy atom. The van der Waals surface area contributed by atoms with Gasteiger partial charge in [-0.1, -0.05) is 199 Å². The first-order chi connectivity index (χ1) is 21.2. The third kappa shape index (κ3) is 32.3. The number of amides is 1. The van der Waals surface area contributed by atoms with Crippen LogP contribution in [0.15, 0.2) is 12.2 Å². The van der Waals surface area contributed by atoms with E-state index in [4.69, 9.17) is 0 Å². The van der Waals surface area contributed by atoms with Crippen molar-refractivity contribution >= 4 is 5.91 Å². The third-order valence-electron chi connectivity index (χ3n) is 9.02. The summed E-state index contributed by atoms with van der Waals surface area (Å²) in [6.07, 6.45) is 43.5. The van der Waals surface area contributed by atoms with Gasteiger partial charge in [-0.2, -0.15) is 0 Å². The first kappa shape index (κ1) is 42.1. The van der Waals surface area contributed by atoms with Crippen LogP contribution in [0, 0.1) is 0 Å². The molecular formula is C39H77NO3. The number of nitrogens with one attached hydrogen (secondary N) is 1. The van der Waals surface area contributed by atoms with E-state index in [0.29, 0.717) is 6.42 Å². The maximum absolute atomic E-state index is 12.2. The minimum Gasteiger partial charge on any atom is -0.394 e. The average molecular weight is 608 g/mol. The van der Waals surface area contributed by atoms with Crippen LogP contribution in [0.1, 0.15) is 213 Å². The summed E-state index contributed by atoms with van der Waals surface area (Å²) in [4.78, 5) is 12.2. The maximum atomic E-state index is 12.2. The molecule has 0 fully saturated rings. The molecule has 0 heterocycles. The minimum absolute atomic E-state index is 0.0678. The number of aliphatic hydroxyl groups is 2. The minimum atomic E-state index is -0.829. The van der Waals surface area contributed by atoms with Gasteiger partial charge in [0.15, 0.2) is 0 Å². The van der Waals surface area contributed by atoms with Crippen molar-refractivity contribution in [2.45, 2.75) is 225 Å². The van der Waals surface area contributed by atoms with E-state index in [1.807, 2.05) is 6.08 Å². The van der Waals surface area contributed by atoms with E-state index < -0.39 is 12.1 Å². The first-order valence-corrected chi connectivity index (χ1v) is 19.4. The van der Waals surface area contributed by atoms with E-state index in [-0.39, 0.29) is 12.5 Å². The van der Waals surface area contributed by atoms with Crippen LogP contribution in [-0.2, 0) is 4.79 Å². The molecule has 0 radical (unpaired) electrons. The molecule has 3 N–H and O–H groups in total. The summed E-state index contributed by atoms with van der Waals surface area (Å²) in [6, 6.07) is -0.612. The lowest BCUT2D eigenvalue weighted by molar-refractivity contribution is -0.123. The average Bonchev–Trinajstić information content (AvgIpc) is 3.01. The van der Waals surface area contributed by atoms with E-state index in [1.54, 1.807) is 6.08 Å². The molecule has 0 aliphatic carbocycles. The Morgan fingerprint density at radius 3 is 1.21 bits per heavy atom. The summed E-state index contributed by atoms with van der Waals surface area (Å²) >= 11 is 0. The highest BCUT2D eigenvalue weighted by Crippen LogP contribution is 2.16. The van der Waals surface area contributed by atoms with Crippen LogP contribution in [-0.4, -0.2) is 34.9 Å². The van der Waals surface area contributed by atoms with Crippen molar-refractivity contribution in [3.05, 3.63) is 12.2 Å². The molecule has 0 aromatic carbocycles. The van der Waals surface area contributed by atoms with Crippen LogP contribution in [0.5, 0.6) is 0 Å². The van der Waals surface area contributed by atoms with Crippen molar-refractivity contribution in [1.29, 1.82) is 0 Å². The standard InChI is InChI=1S/C39H77NO3/c1-3-5-7-9-10-11-12-13-14-15-16-17-18-19-20-21-22-23-24-25-26-27-28-29-31-33-35-39(43)40-37(36-41)38(42)34-32-30-8-6-4-2/h32,34,37-38,41-42H,3-31,33,35-36H2,1-2H3,(H,40,43)/b34-32+. The van der Waals surface area contributed by atoms with Crippen LogP contribution in [0.2, 0.25) is 0 Å². The van der Waals surface area contributed by atoms with E-state index in [9.17, 15) is 15.0 Å². The fourth-order valence-corrected chi connectivity index (χ4v) is 6.00. The van der Waals surface area contributed by atoms with Gasteiger partial charge in [0.25, 0.3) is 0 Å². The van der Waals surface area contributed by atoms with Gasteiger partial charge < -0.3 is 15.5 Å². The van der Waals surface area contributed by atoms with Crippen LogP contribution < -0.4 is 5.32 Å². The summed E-state index contributed by atoms with van der Waals surface area (Å²) in [5, 5.41) is 22.6. The monoisotopic (exact) mass is 608 g/mol. The number of allylic oxidation sites excluding steroid dienone is 1. The van der Waals surface area contributed by atoms with Crippen molar-refractivity contribution in [2.24, 2.45) is 0 Å². The van der Waals surface area contributed by atoms with Gasteiger partial charge in [0.1, 0.15) is 0 Å². The van der Waals surface area contributed by atoms with Crippen molar-refractivity contribution in [1.82, 2.24) is 5.32 Å². The lowest BCUT2D eigenvalue weighted by Crippen LogP contribution is -2.45. The Kier molecular flexibility index (Phi) is 34.9. The Morgan fingerprint density at radius 1 is 0.535 bits per heavy atom. The van der Waals surface area contributed by atoms with E-state index in [2.05, 4.69) is 19.2 Å². The molecule has 0 saturated heterocycles. The molecular weight excluding hydrogens is 530 g/mol. The predicted molar refractivity (Wildman–Crippen MR) is 189 cm³/mol. The predicted octanol–water partition coefficient (Wildman–Crippen LogP) is 11.5. The molecule has 0 rings (SSSR count). The second kappa shape index (κ2) is 35.6. The molecule has 256 valence electrons. The number of carbonyl (C=O) groups excluding carboxylic acids is 1. The molecule has 1 amide bonds. The Labute approximate surface area is 269 Å². The molecule has 4 nitrogen and oxygen atoms in total. The fraction of sp³-hybridized carbons (Fsp3) is 0.923. The molecule has 0 saturated carbocycles. The maximum Gasteiger partial charge on any atom is 0.220 e. The van der Waals surface area contributed by atoms with E-state index in [0.717, 1.165) is 25.7 Å². The van der Waals surface area contributed by atoms with Crippen molar-refractivity contribution in [3.63, 3.8) is 0 Å². The van der Waals surface area contributed by atoms with Crippen LogP contribution in [0.3, 0.4) is 0 Å². The summed E-state index contributed by atoms with van der Waals surface area (Å²) in [6.45, 7) is 4.22. The van der Waals surface area contributed by atoms with Gasteiger partial charge in [0.05, 0.1) is 18.8 Å². The number of hydrogen-bond acceptors (Lipinski definition) is 3. The number of unbranched alkanes of at least 4 members (excludes halogenated alkanes) is 28. The molecule has 0 bridgehead atoms. The summed E-state index contributed by atoms with van der Waals surface area (Å²) in [7, 11) is 0. The van der Waals surface area contributed by atoms with Crippen molar-refractivity contribution in [3.8, 4) is 0 Å². The second-order valence-corrected chi connectivity index (χ2v) is 13.4. The zero-order valence-electron chi connectivity index (χ0n) is 29.2. The molecule has 0 aromatic rings. The summed E-state index contributed by atoms with van der Waals surface area (Å²) < 4.78 is 0. The van der Waals surface area contributed by atoms with Gasteiger partial charge in [-0.15, -0.1) is 0 Å². The molecule has 0 aromatic heterocycles. The SMILES string of the molecule is CCCCC/C=C/C(O)C(CO)NC(=O)CCCCCCCCCCCCCCCCCCCCCCCCCCCC. The molecule has 2 atom stereocenters. The lowest BCUT2D eigenvalue weighted by Gasteiger charge is -2.20. The van der Waals surface area contributed by atoms with Crippen molar-refractivity contribution in [2.75, 3.05) is 6.61 Å². The zero-order chi connectivity index (χ0) is 31.5. The lowest BCUT2D eigenvalue weighted by atomic mass is 10.0. The number of rotatable bonds is 35. The zero-order valence-corrected chi connectivity index (χ0v) is 29.2. The van der Waals surface area contributed by atoms with Crippen LogP contribution in [0.25, 0.3) is 0 Å². The van der Waals surface area contributed by atoms with Crippen LogP contribution in [0.4, 0.5) is 0 Å². The van der Waals surface area contributed by atoms with Crippen molar-refractivity contribution < 1.29 is 15.0 Å². The van der Waals surface area contributed by atoms with Gasteiger partial charge in [-0.25, -0.2) is 0 Å². The van der Waals surface area contributed by atoms with Crippen LogP contribution >= 0.6 is 0 Å². The molecule has 0 spiro atoms. The summed E-state index contributed by atoms with van der Waals surface area (Å²) in [5.74, 6) is -0.0678. The quantitative estimate of drug-likeness (QED) is 0.0496. The summed E-state index contributed by atoms with van der Waals surface area (Å²) in [5.41, 5.74) is 0. The smallest absolute Gasteiger partial charge is 0.220 e.